The third-order valence-electron chi connectivity index (χ3n) is 3.82. The molecule has 3 nitrogen and oxygen atoms in total. The van der Waals surface area contributed by atoms with Crippen LogP contribution in [0, 0.1) is 11.7 Å². The van der Waals surface area contributed by atoms with Crippen molar-refractivity contribution in [1.29, 1.82) is 0 Å². The van der Waals surface area contributed by atoms with Crippen molar-refractivity contribution >= 4 is 11.6 Å². The fourth-order valence-corrected chi connectivity index (χ4v) is 2.82. The lowest BCUT2D eigenvalue weighted by molar-refractivity contribution is -0.119. The fourth-order valence-electron chi connectivity index (χ4n) is 2.82. The molecule has 1 aromatic rings. The number of nitrogens with two attached hydrogens (primary N) is 1. The molecule has 1 amide bonds. The minimum atomic E-state index is -0.403. The van der Waals surface area contributed by atoms with Gasteiger partial charge in [-0.15, -0.1) is 0 Å². The molecule has 1 unspecified atom stereocenters. The summed E-state index contributed by atoms with van der Waals surface area (Å²) in [7, 11) is 0. The second kappa shape index (κ2) is 6.55. The minimum Gasteiger partial charge on any atom is -0.373 e. The number of rotatable bonds is 4. The first-order valence-electron chi connectivity index (χ1n) is 6.98. The first-order chi connectivity index (χ1) is 9.16. The lowest BCUT2D eigenvalue weighted by Gasteiger charge is -2.25. The molecule has 0 radical (unpaired) electrons. The molecule has 1 aliphatic carbocycles. The van der Waals surface area contributed by atoms with Crippen LogP contribution in [0.3, 0.4) is 0 Å². The molecule has 0 heterocycles. The highest BCUT2D eigenvalue weighted by Gasteiger charge is 2.27. The average molecular weight is 264 g/mol. The van der Waals surface area contributed by atoms with Crippen LogP contribution in [0.25, 0.3) is 0 Å². The SMILES string of the molecule is NC(=O)C(Nc1cccc(F)c1)C1CCCCCC1. The Morgan fingerprint density at radius 2 is 1.95 bits per heavy atom. The number of amides is 1. The Balaban J connectivity index is 2.09. The molecule has 1 saturated carbocycles. The zero-order valence-electron chi connectivity index (χ0n) is 11.1. The van der Waals surface area contributed by atoms with Crippen molar-refractivity contribution in [3.63, 3.8) is 0 Å². The Morgan fingerprint density at radius 1 is 1.26 bits per heavy atom. The van der Waals surface area contributed by atoms with E-state index in [1.54, 1.807) is 12.1 Å². The number of primary amides is 1. The summed E-state index contributed by atoms with van der Waals surface area (Å²) in [4.78, 5) is 11.7. The monoisotopic (exact) mass is 264 g/mol. The van der Waals surface area contributed by atoms with Crippen LogP contribution in [0.5, 0.6) is 0 Å². The van der Waals surface area contributed by atoms with Crippen LogP contribution < -0.4 is 11.1 Å². The first-order valence-corrected chi connectivity index (χ1v) is 6.98. The number of carbonyl (C=O) groups excluding carboxylic acids is 1. The molecule has 19 heavy (non-hydrogen) atoms. The summed E-state index contributed by atoms with van der Waals surface area (Å²) in [5.41, 5.74) is 6.13. The van der Waals surface area contributed by atoms with Crippen molar-refractivity contribution in [2.45, 2.75) is 44.6 Å². The predicted molar refractivity (Wildman–Crippen MR) is 74.2 cm³/mol. The van der Waals surface area contributed by atoms with Gasteiger partial charge in [-0.1, -0.05) is 31.7 Å². The summed E-state index contributed by atoms with van der Waals surface area (Å²) in [6, 6.07) is 5.77. The maximum absolute atomic E-state index is 13.2. The molecule has 0 bridgehead atoms. The van der Waals surface area contributed by atoms with Gasteiger partial charge in [0.1, 0.15) is 11.9 Å². The van der Waals surface area contributed by atoms with Crippen molar-refractivity contribution in [2.24, 2.45) is 11.7 Å². The fraction of sp³-hybridized carbons (Fsp3) is 0.533. The first kappa shape index (κ1) is 13.8. The van der Waals surface area contributed by atoms with Crippen molar-refractivity contribution in [2.75, 3.05) is 5.32 Å². The standard InChI is InChI=1S/C15H21FN2O/c16-12-8-5-9-13(10-12)18-14(15(17)19)11-6-3-1-2-4-7-11/h5,8-11,14,18H,1-4,6-7H2,(H2,17,19). The third-order valence-corrected chi connectivity index (χ3v) is 3.82. The predicted octanol–water partition coefficient (Wildman–Crippen LogP) is 3.06. The van der Waals surface area contributed by atoms with Crippen LogP contribution >= 0.6 is 0 Å². The molecule has 2 rings (SSSR count). The summed E-state index contributed by atoms with van der Waals surface area (Å²) in [5.74, 6) is -0.409. The lowest BCUT2D eigenvalue weighted by Crippen LogP contribution is -2.41. The van der Waals surface area contributed by atoms with Crippen molar-refractivity contribution in [3.05, 3.63) is 30.1 Å². The Kier molecular flexibility index (Phi) is 4.77. The Bertz CT molecular complexity index is 428. The molecular weight excluding hydrogens is 243 g/mol. The largest absolute Gasteiger partial charge is 0.373 e. The number of halogens is 1. The Hall–Kier alpha value is -1.58. The molecule has 0 saturated heterocycles. The molecular formula is C15H21FN2O. The van der Waals surface area contributed by atoms with E-state index in [1.165, 1.54) is 25.0 Å². The topological polar surface area (TPSA) is 55.1 Å². The Labute approximate surface area is 113 Å². The van der Waals surface area contributed by atoms with Gasteiger partial charge in [-0.05, 0) is 37.0 Å². The van der Waals surface area contributed by atoms with Crippen LogP contribution in [0.15, 0.2) is 24.3 Å². The summed E-state index contributed by atoms with van der Waals surface area (Å²) < 4.78 is 13.2. The van der Waals surface area contributed by atoms with Gasteiger partial charge in [0.05, 0.1) is 0 Å². The number of carbonyl (C=O) groups is 1. The second-order valence-electron chi connectivity index (χ2n) is 5.29. The number of nitrogens with one attached hydrogen (secondary N) is 1. The molecule has 1 fully saturated rings. The smallest absolute Gasteiger partial charge is 0.240 e. The van der Waals surface area contributed by atoms with Crippen molar-refractivity contribution < 1.29 is 9.18 Å². The van der Waals surface area contributed by atoms with Gasteiger partial charge >= 0.3 is 0 Å². The van der Waals surface area contributed by atoms with E-state index in [9.17, 15) is 9.18 Å². The normalized spacial score (nSPS) is 18.6. The molecule has 1 atom stereocenters. The van der Waals surface area contributed by atoms with Gasteiger partial charge in [0.25, 0.3) is 0 Å². The van der Waals surface area contributed by atoms with Crippen LogP contribution in [-0.4, -0.2) is 11.9 Å². The molecule has 1 aromatic carbocycles. The zero-order valence-corrected chi connectivity index (χ0v) is 11.1. The van der Waals surface area contributed by atoms with Crippen LogP contribution in [0.4, 0.5) is 10.1 Å². The molecule has 0 spiro atoms. The van der Waals surface area contributed by atoms with E-state index >= 15 is 0 Å². The van der Waals surface area contributed by atoms with Crippen molar-refractivity contribution in [1.82, 2.24) is 0 Å². The summed E-state index contributed by atoms with van der Waals surface area (Å²) >= 11 is 0. The Morgan fingerprint density at radius 3 is 2.53 bits per heavy atom. The van der Waals surface area contributed by atoms with E-state index < -0.39 is 6.04 Å². The minimum absolute atomic E-state index is 0.253. The van der Waals surface area contributed by atoms with E-state index in [0.717, 1.165) is 25.7 Å². The van der Waals surface area contributed by atoms with Gasteiger partial charge < -0.3 is 11.1 Å². The van der Waals surface area contributed by atoms with E-state index in [2.05, 4.69) is 5.32 Å². The number of hydrogen-bond donors (Lipinski definition) is 2. The van der Waals surface area contributed by atoms with E-state index in [0.29, 0.717) is 5.69 Å². The summed E-state index contributed by atoms with van der Waals surface area (Å²) in [6.07, 6.45) is 6.74. The van der Waals surface area contributed by atoms with Crippen LogP contribution in [0.1, 0.15) is 38.5 Å². The number of benzene rings is 1. The number of anilines is 1. The third kappa shape index (κ3) is 3.94. The molecule has 0 aromatic heterocycles. The molecule has 3 N–H and O–H groups in total. The van der Waals surface area contributed by atoms with E-state index in [-0.39, 0.29) is 17.6 Å². The molecule has 1 aliphatic rings. The van der Waals surface area contributed by atoms with Gasteiger partial charge in [-0.25, -0.2) is 4.39 Å². The molecule has 104 valence electrons. The quantitative estimate of drug-likeness (QED) is 0.821. The van der Waals surface area contributed by atoms with E-state index in [4.69, 9.17) is 5.73 Å². The van der Waals surface area contributed by atoms with E-state index in [1.807, 2.05) is 0 Å². The second-order valence-corrected chi connectivity index (χ2v) is 5.29. The summed E-state index contributed by atoms with van der Waals surface area (Å²) in [5, 5.41) is 3.10. The van der Waals surface area contributed by atoms with Gasteiger partial charge in [0.15, 0.2) is 0 Å². The molecule has 4 heteroatoms. The summed E-state index contributed by atoms with van der Waals surface area (Å²) in [6.45, 7) is 0. The van der Waals surface area contributed by atoms with Crippen LogP contribution in [0.2, 0.25) is 0 Å². The zero-order chi connectivity index (χ0) is 13.7. The highest BCUT2D eigenvalue weighted by Crippen LogP contribution is 2.27. The maximum atomic E-state index is 13.2. The maximum Gasteiger partial charge on any atom is 0.240 e. The molecule has 0 aliphatic heterocycles. The highest BCUT2D eigenvalue weighted by atomic mass is 19.1. The van der Waals surface area contributed by atoms with Crippen LogP contribution in [-0.2, 0) is 4.79 Å². The van der Waals surface area contributed by atoms with Crippen molar-refractivity contribution in [3.8, 4) is 0 Å². The average Bonchev–Trinajstić information content (AvgIpc) is 2.64. The lowest BCUT2D eigenvalue weighted by atomic mass is 9.91. The van der Waals surface area contributed by atoms with Gasteiger partial charge in [-0.3, -0.25) is 4.79 Å². The van der Waals surface area contributed by atoms with Gasteiger partial charge in [-0.2, -0.15) is 0 Å². The van der Waals surface area contributed by atoms with Gasteiger partial charge in [0.2, 0.25) is 5.91 Å². The highest BCUT2D eigenvalue weighted by molar-refractivity contribution is 5.83. The van der Waals surface area contributed by atoms with Gasteiger partial charge in [0, 0.05) is 5.69 Å². The number of hydrogen-bond acceptors (Lipinski definition) is 2.